The zero-order valence-corrected chi connectivity index (χ0v) is 13.6. The summed E-state index contributed by atoms with van der Waals surface area (Å²) in [6.45, 7) is 4.29. The van der Waals surface area contributed by atoms with Crippen LogP contribution in [0.2, 0.25) is 0 Å². The molecule has 128 valence electrons. The number of alkyl halides is 2. The van der Waals surface area contributed by atoms with Crippen molar-refractivity contribution in [2.75, 3.05) is 13.1 Å². The topological polar surface area (TPSA) is 92.5 Å². The summed E-state index contributed by atoms with van der Waals surface area (Å²) in [5.74, 6) is -1.13. The second-order valence-corrected chi connectivity index (χ2v) is 5.52. The maximum atomic E-state index is 12.0. The van der Waals surface area contributed by atoms with Crippen molar-refractivity contribution < 1.29 is 23.2 Å². The smallest absolute Gasteiger partial charge is 0.243 e. The molecule has 0 radical (unpaired) electrons. The van der Waals surface area contributed by atoms with E-state index in [2.05, 4.69) is 19.6 Å². The highest BCUT2D eigenvalue weighted by atomic mass is 32.1. The lowest BCUT2D eigenvalue weighted by Crippen LogP contribution is -2.41. The van der Waals surface area contributed by atoms with Crippen molar-refractivity contribution in [2.45, 2.75) is 45.2 Å². The zero-order chi connectivity index (χ0) is 17.3. The Hall–Kier alpha value is -1.22. The molecule has 3 unspecified atom stereocenters. The molecule has 9 heteroatoms. The lowest BCUT2D eigenvalue weighted by Gasteiger charge is -2.19. The van der Waals surface area contributed by atoms with Gasteiger partial charge in [-0.25, -0.2) is 8.78 Å². The molecule has 0 spiro atoms. The van der Waals surface area contributed by atoms with E-state index in [0.717, 1.165) is 19.4 Å². The molecule has 1 heterocycles. The second kappa shape index (κ2) is 10.5. The predicted octanol–water partition coefficient (Wildman–Crippen LogP) is 0.415. The normalized spacial score (nSPS) is 20.0. The van der Waals surface area contributed by atoms with Crippen LogP contribution in [-0.4, -0.2) is 53.9 Å². The summed E-state index contributed by atoms with van der Waals surface area (Å²) in [6, 6.07) is -0.804. The van der Waals surface area contributed by atoms with Crippen molar-refractivity contribution in [3.63, 3.8) is 0 Å². The maximum absolute atomic E-state index is 12.0. The third-order valence-electron chi connectivity index (χ3n) is 3.48. The monoisotopic (exact) mass is 339 g/mol. The molecule has 1 saturated heterocycles. The summed E-state index contributed by atoms with van der Waals surface area (Å²) in [6.07, 6.45) is -0.186. The summed E-state index contributed by atoms with van der Waals surface area (Å²) in [5.41, 5.74) is 5.22. The molecule has 22 heavy (non-hydrogen) atoms. The van der Waals surface area contributed by atoms with Crippen LogP contribution in [0.3, 0.4) is 0 Å². The van der Waals surface area contributed by atoms with Crippen molar-refractivity contribution in [2.24, 2.45) is 11.7 Å². The van der Waals surface area contributed by atoms with Gasteiger partial charge < -0.3 is 16.0 Å². The average Bonchev–Trinajstić information content (AvgIpc) is 2.89. The summed E-state index contributed by atoms with van der Waals surface area (Å²) < 4.78 is 24.0. The van der Waals surface area contributed by atoms with Gasteiger partial charge in [0.05, 0.1) is 6.54 Å². The Morgan fingerprint density at radius 3 is 2.41 bits per heavy atom. The van der Waals surface area contributed by atoms with E-state index >= 15 is 0 Å². The van der Waals surface area contributed by atoms with Gasteiger partial charge in [0.25, 0.3) is 0 Å². The molecule has 0 saturated carbocycles. The number of nitrogens with one attached hydrogen (secondary N) is 1. The van der Waals surface area contributed by atoms with E-state index in [1.807, 2.05) is 10.2 Å². The lowest BCUT2D eigenvalue weighted by atomic mass is 10.0. The Kier molecular flexibility index (Phi) is 9.91. The van der Waals surface area contributed by atoms with E-state index in [1.165, 1.54) is 6.92 Å². The van der Waals surface area contributed by atoms with Crippen LogP contribution in [0.4, 0.5) is 8.78 Å². The van der Waals surface area contributed by atoms with Crippen LogP contribution in [0.25, 0.3) is 0 Å². The third kappa shape index (κ3) is 6.69. The van der Waals surface area contributed by atoms with Gasteiger partial charge in [-0.2, -0.15) is 0 Å². The highest BCUT2D eigenvalue weighted by Crippen LogP contribution is 2.16. The van der Waals surface area contributed by atoms with Crippen LogP contribution in [0, 0.1) is 5.92 Å². The zero-order valence-electron chi connectivity index (χ0n) is 12.7. The number of thiol groups is 1. The number of nitrogens with zero attached hydrogens (tertiary/aromatic N) is 1. The predicted molar refractivity (Wildman–Crippen MR) is 81.6 cm³/mol. The molecule has 1 fully saturated rings. The van der Waals surface area contributed by atoms with E-state index in [-0.39, 0.29) is 18.9 Å². The molecular weight excluding hydrogens is 316 g/mol. The lowest BCUT2D eigenvalue weighted by molar-refractivity contribution is -0.130. The number of hydrogen-bond acceptors (Lipinski definition) is 4. The molecule has 2 amide bonds. The number of rotatable bonds is 6. The highest BCUT2D eigenvalue weighted by Gasteiger charge is 2.29. The number of carbonyl (C=O) groups excluding carboxylic acids is 3. The Morgan fingerprint density at radius 2 is 2.09 bits per heavy atom. The molecule has 1 aliphatic rings. The minimum absolute atomic E-state index is 0.0880. The first kappa shape index (κ1) is 20.8. The fraction of sp³-hybridized carbons (Fsp3) is 0.769. The molecule has 1 aliphatic heterocycles. The number of halogens is 2. The molecule has 1 rings (SSSR count). The standard InChI is InChI=1S/C7H14N2O.C6H9F2NO2S/c1-6-3-2-4-9(6)7(10)5-8;1-3(5(7)8)4(6(11)12)9-2-10/h6H,2-5,8H2,1H3;2-5H,1H3,(H,9,10)(H,11,12). The minimum atomic E-state index is -2.65. The van der Waals surface area contributed by atoms with Crippen molar-refractivity contribution in [1.82, 2.24) is 10.2 Å². The third-order valence-corrected chi connectivity index (χ3v) is 3.76. The Morgan fingerprint density at radius 1 is 1.50 bits per heavy atom. The quantitative estimate of drug-likeness (QED) is 0.483. The Bertz CT molecular complexity index is 386. The van der Waals surface area contributed by atoms with Crippen LogP contribution in [0.15, 0.2) is 0 Å². The van der Waals surface area contributed by atoms with Crippen LogP contribution >= 0.6 is 12.6 Å². The van der Waals surface area contributed by atoms with E-state index in [9.17, 15) is 23.2 Å². The fourth-order valence-corrected chi connectivity index (χ4v) is 2.40. The summed E-state index contributed by atoms with van der Waals surface area (Å²) >= 11 is 3.37. The molecule has 0 aromatic heterocycles. The van der Waals surface area contributed by atoms with Crippen LogP contribution in [0.1, 0.15) is 26.7 Å². The van der Waals surface area contributed by atoms with Gasteiger partial charge in [-0.05, 0) is 19.8 Å². The minimum Gasteiger partial charge on any atom is -0.347 e. The average molecular weight is 339 g/mol. The Labute approximate surface area is 134 Å². The van der Waals surface area contributed by atoms with Crippen LogP contribution in [0.5, 0.6) is 0 Å². The van der Waals surface area contributed by atoms with E-state index in [1.54, 1.807) is 0 Å². The summed E-state index contributed by atoms with van der Waals surface area (Å²) in [4.78, 5) is 33.4. The van der Waals surface area contributed by atoms with E-state index < -0.39 is 23.5 Å². The largest absolute Gasteiger partial charge is 0.347 e. The van der Waals surface area contributed by atoms with E-state index in [4.69, 9.17) is 5.73 Å². The summed E-state index contributed by atoms with van der Waals surface area (Å²) in [5, 5.41) is 1.21. The second-order valence-electron chi connectivity index (χ2n) is 5.08. The van der Waals surface area contributed by atoms with Crippen molar-refractivity contribution in [3.8, 4) is 0 Å². The van der Waals surface area contributed by atoms with Gasteiger partial charge in [0.1, 0.15) is 6.04 Å². The number of amides is 2. The van der Waals surface area contributed by atoms with Gasteiger partial charge >= 0.3 is 0 Å². The number of hydrogen-bond donors (Lipinski definition) is 3. The van der Waals surface area contributed by atoms with Gasteiger partial charge in [-0.15, -0.1) is 12.6 Å². The van der Waals surface area contributed by atoms with Gasteiger partial charge in [0.2, 0.25) is 23.9 Å². The molecule has 3 N–H and O–H groups in total. The van der Waals surface area contributed by atoms with Gasteiger partial charge in [-0.3, -0.25) is 14.4 Å². The van der Waals surface area contributed by atoms with Crippen molar-refractivity contribution in [3.05, 3.63) is 0 Å². The molecule has 0 aliphatic carbocycles. The molecule has 0 aromatic rings. The molecular formula is C13H23F2N3O3S. The Balaban J connectivity index is 0.000000406. The first-order valence-corrected chi connectivity index (χ1v) is 7.41. The number of nitrogens with two attached hydrogens (primary N) is 1. The molecule has 3 atom stereocenters. The molecule has 6 nitrogen and oxygen atoms in total. The van der Waals surface area contributed by atoms with Gasteiger partial charge in [0.15, 0.2) is 0 Å². The number of likely N-dealkylation sites (tertiary alicyclic amines) is 1. The molecule has 0 bridgehead atoms. The van der Waals surface area contributed by atoms with Gasteiger partial charge in [0, 0.05) is 18.5 Å². The fourth-order valence-electron chi connectivity index (χ4n) is 2.09. The SMILES string of the molecule is CC(C(F)F)C(NC=O)C(=O)S.CC1CCCN1C(=O)CN. The van der Waals surface area contributed by atoms with Gasteiger partial charge in [-0.1, -0.05) is 6.92 Å². The van der Waals surface area contributed by atoms with E-state index in [0.29, 0.717) is 6.04 Å². The van der Waals surface area contributed by atoms with Crippen LogP contribution in [-0.2, 0) is 14.4 Å². The number of carbonyl (C=O) groups is 3. The van der Waals surface area contributed by atoms with Crippen molar-refractivity contribution >= 4 is 30.1 Å². The highest BCUT2D eigenvalue weighted by molar-refractivity contribution is 7.96. The molecule has 0 aromatic carbocycles. The first-order chi connectivity index (χ1) is 10.3. The maximum Gasteiger partial charge on any atom is 0.243 e. The summed E-state index contributed by atoms with van der Waals surface area (Å²) in [7, 11) is 0. The van der Waals surface area contributed by atoms with Crippen molar-refractivity contribution in [1.29, 1.82) is 0 Å². The first-order valence-electron chi connectivity index (χ1n) is 6.96. The van der Waals surface area contributed by atoms with Crippen LogP contribution < -0.4 is 11.1 Å².